The molecule has 0 aliphatic carbocycles. The molecule has 2 aromatic carbocycles. The summed E-state index contributed by atoms with van der Waals surface area (Å²) in [5.41, 5.74) is 8.91. The Morgan fingerprint density at radius 3 is 2.31 bits per heavy atom. The predicted molar refractivity (Wildman–Crippen MR) is 162 cm³/mol. The Kier molecular flexibility index (Phi) is 10.7. The molecule has 1 aliphatic rings. The molecule has 0 saturated carbocycles. The van der Waals surface area contributed by atoms with Gasteiger partial charge in [0.2, 0.25) is 11.8 Å². The molecular weight excluding hydrogens is 540 g/mol. The number of aromatic nitrogens is 1. The third-order valence-corrected chi connectivity index (χ3v) is 7.38. The first-order valence-electron chi connectivity index (χ1n) is 14.3. The van der Waals surface area contributed by atoms with E-state index in [1.807, 2.05) is 24.3 Å². The molecule has 0 bridgehead atoms. The van der Waals surface area contributed by atoms with Crippen molar-refractivity contribution >= 4 is 34.7 Å². The SMILES string of the molecule is CCN(CC)CC(=O)NC1CCN(c2ccc(Nc3cc(NCc4cc(F)cc(F)c4)c(CC(N)=O)cn3)cc2)CC1. The molecule has 4 rings (SSSR count). The highest BCUT2D eigenvalue weighted by atomic mass is 19.1. The van der Waals surface area contributed by atoms with Crippen molar-refractivity contribution in [2.45, 2.75) is 45.7 Å². The van der Waals surface area contributed by atoms with E-state index in [4.69, 9.17) is 5.73 Å². The molecule has 5 N–H and O–H groups in total. The van der Waals surface area contributed by atoms with Crippen LogP contribution >= 0.6 is 0 Å². The fourth-order valence-corrected chi connectivity index (χ4v) is 5.06. The van der Waals surface area contributed by atoms with Crippen LogP contribution in [-0.2, 0) is 22.6 Å². The first kappa shape index (κ1) is 30.7. The third kappa shape index (κ3) is 8.87. The van der Waals surface area contributed by atoms with Gasteiger partial charge < -0.3 is 26.6 Å². The van der Waals surface area contributed by atoms with E-state index in [0.717, 1.165) is 56.5 Å². The fraction of sp³-hybridized carbons (Fsp3) is 0.387. The number of hydrogen-bond donors (Lipinski definition) is 4. The lowest BCUT2D eigenvalue weighted by atomic mass is 10.0. The molecule has 11 heteroatoms. The van der Waals surface area contributed by atoms with Gasteiger partial charge in [0.05, 0.1) is 13.0 Å². The van der Waals surface area contributed by atoms with E-state index < -0.39 is 17.5 Å². The highest BCUT2D eigenvalue weighted by molar-refractivity contribution is 5.79. The summed E-state index contributed by atoms with van der Waals surface area (Å²) < 4.78 is 27.2. The summed E-state index contributed by atoms with van der Waals surface area (Å²) in [6.07, 6.45) is 3.31. The molecule has 224 valence electrons. The van der Waals surface area contributed by atoms with Crippen LogP contribution in [0, 0.1) is 11.6 Å². The second-order valence-electron chi connectivity index (χ2n) is 10.5. The number of rotatable bonds is 13. The van der Waals surface area contributed by atoms with Gasteiger partial charge in [0.1, 0.15) is 17.5 Å². The lowest BCUT2D eigenvalue weighted by Crippen LogP contribution is -2.47. The Bertz CT molecular complexity index is 1340. The number of primary amides is 1. The molecule has 9 nitrogen and oxygen atoms in total. The molecule has 3 aromatic rings. The van der Waals surface area contributed by atoms with Gasteiger partial charge in [0.25, 0.3) is 0 Å². The maximum atomic E-state index is 13.6. The molecule has 0 unspecified atom stereocenters. The van der Waals surface area contributed by atoms with Gasteiger partial charge in [-0.2, -0.15) is 0 Å². The third-order valence-electron chi connectivity index (χ3n) is 7.38. The Hall–Kier alpha value is -4.25. The molecule has 0 radical (unpaired) electrons. The zero-order valence-electron chi connectivity index (χ0n) is 24.1. The topological polar surface area (TPSA) is 116 Å². The van der Waals surface area contributed by atoms with E-state index in [9.17, 15) is 18.4 Å². The second-order valence-corrected chi connectivity index (χ2v) is 10.5. The van der Waals surface area contributed by atoms with Crippen LogP contribution in [0.3, 0.4) is 0 Å². The minimum absolute atomic E-state index is 0.0296. The number of halogens is 2. The van der Waals surface area contributed by atoms with E-state index in [0.29, 0.717) is 29.2 Å². The van der Waals surface area contributed by atoms with Gasteiger partial charge >= 0.3 is 0 Å². The molecule has 1 fully saturated rings. The number of nitrogens with zero attached hydrogens (tertiary/aromatic N) is 3. The van der Waals surface area contributed by atoms with Gasteiger partial charge in [0, 0.05) is 66.6 Å². The van der Waals surface area contributed by atoms with Crippen molar-refractivity contribution < 1.29 is 18.4 Å². The van der Waals surface area contributed by atoms with Crippen molar-refractivity contribution in [3.05, 3.63) is 77.5 Å². The fourth-order valence-electron chi connectivity index (χ4n) is 5.06. The van der Waals surface area contributed by atoms with Crippen LogP contribution in [0.1, 0.15) is 37.8 Å². The maximum Gasteiger partial charge on any atom is 0.234 e. The van der Waals surface area contributed by atoms with Gasteiger partial charge in [0.15, 0.2) is 0 Å². The number of hydrogen-bond acceptors (Lipinski definition) is 7. The summed E-state index contributed by atoms with van der Waals surface area (Å²) in [5.74, 6) is -1.22. The van der Waals surface area contributed by atoms with Gasteiger partial charge in [-0.05, 0) is 67.9 Å². The molecule has 2 heterocycles. The van der Waals surface area contributed by atoms with Crippen LogP contribution < -0.4 is 26.6 Å². The van der Waals surface area contributed by atoms with Crippen LogP contribution in [0.15, 0.2) is 54.7 Å². The highest BCUT2D eigenvalue weighted by Gasteiger charge is 2.21. The van der Waals surface area contributed by atoms with Gasteiger partial charge in [-0.25, -0.2) is 13.8 Å². The number of carbonyl (C=O) groups excluding carboxylic acids is 2. The van der Waals surface area contributed by atoms with E-state index in [1.54, 1.807) is 12.3 Å². The number of likely N-dealkylation sites (N-methyl/N-ethyl adjacent to an activating group) is 1. The zero-order valence-corrected chi connectivity index (χ0v) is 24.1. The minimum atomic E-state index is -0.660. The van der Waals surface area contributed by atoms with Crippen LogP contribution in [0.5, 0.6) is 0 Å². The minimum Gasteiger partial charge on any atom is -0.381 e. The summed E-state index contributed by atoms with van der Waals surface area (Å²) >= 11 is 0. The molecule has 42 heavy (non-hydrogen) atoms. The molecule has 1 aliphatic heterocycles. The summed E-state index contributed by atoms with van der Waals surface area (Å²) in [7, 11) is 0. The molecule has 1 saturated heterocycles. The summed E-state index contributed by atoms with van der Waals surface area (Å²) in [5, 5.41) is 9.59. The number of carbonyl (C=O) groups is 2. The van der Waals surface area contributed by atoms with Crippen LogP contribution in [0.4, 0.5) is 31.7 Å². The smallest absolute Gasteiger partial charge is 0.234 e. The van der Waals surface area contributed by atoms with Crippen molar-refractivity contribution in [3.8, 4) is 0 Å². The number of amides is 2. The van der Waals surface area contributed by atoms with E-state index in [1.165, 1.54) is 12.1 Å². The average Bonchev–Trinajstić information content (AvgIpc) is 2.96. The van der Waals surface area contributed by atoms with Crippen LogP contribution in [0.2, 0.25) is 0 Å². The number of piperidine rings is 1. The summed E-state index contributed by atoms with van der Waals surface area (Å²) in [4.78, 5) is 32.8. The summed E-state index contributed by atoms with van der Waals surface area (Å²) in [6, 6.07) is 13.3. The lowest BCUT2D eigenvalue weighted by Gasteiger charge is -2.34. The van der Waals surface area contributed by atoms with Crippen molar-refractivity contribution in [1.82, 2.24) is 15.2 Å². The van der Waals surface area contributed by atoms with Gasteiger partial charge in [-0.1, -0.05) is 13.8 Å². The largest absolute Gasteiger partial charge is 0.381 e. The van der Waals surface area contributed by atoms with E-state index in [-0.39, 0.29) is 24.9 Å². The van der Waals surface area contributed by atoms with Gasteiger partial charge in [-0.15, -0.1) is 0 Å². The highest BCUT2D eigenvalue weighted by Crippen LogP contribution is 2.26. The van der Waals surface area contributed by atoms with Gasteiger partial charge in [-0.3, -0.25) is 14.5 Å². The number of pyridine rings is 1. The molecule has 2 amide bonds. The Labute approximate surface area is 245 Å². The summed E-state index contributed by atoms with van der Waals surface area (Å²) in [6.45, 7) is 8.15. The van der Waals surface area contributed by atoms with Crippen LogP contribution in [0.25, 0.3) is 0 Å². The van der Waals surface area contributed by atoms with E-state index in [2.05, 4.69) is 44.6 Å². The Balaban J connectivity index is 1.35. The maximum absolute atomic E-state index is 13.6. The molecule has 0 spiro atoms. The Morgan fingerprint density at radius 2 is 1.69 bits per heavy atom. The lowest BCUT2D eigenvalue weighted by molar-refractivity contribution is -0.123. The monoisotopic (exact) mass is 579 g/mol. The average molecular weight is 580 g/mol. The number of nitrogens with two attached hydrogens (primary N) is 1. The normalized spacial score (nSPS) is 13.7. The number of nitrogens with one attached hydrogen (secondary N) is 3. The van der Waals surface area contributed by atoms with Crippen molar-refractivity contribution in [2.75, 3.05) is 48.3 Å². The van der Waals surface area contributed by atoms with Crippen LogP contribution in [-0.4, -0.2) is 60.5 Å². The standard InChI is InChI=1S/C31H39F2N7O2/c1-3-39(4-2)20-31(42)38-26-9-11-40(12-10-26)27-7-5-25(6-8-27)37-30-17-28(22(19-36-30)15-29(34)41)35-18-21-13-23(32)16-24(33)14-21/h5-8,13-14,16-17,19,26H,3-4,9-12,15,18,20H2,1-2H3,(H2,34,41)(H,38,42)(H2,35,36,37). The first-order chi connectivity index (χ1) is 20.2. The quantitative estimate of drug-likeness (QED) is 0.240. The van der Waals surface area contributed by atoms with E-state index >= 15 is 0 Å². The predicted octanol–water partition coefficient (Wildman–Crippen LogP) is 4.17. The number of benzene rings is 2. The first-order valence-corrected chi connectivity index (χ1v) is 14.3. The Morgan fingerprint density at radius 1 is 1.02 bits per heavy atom. The zero-order chi connectivity index (χ0) is 30.1. The second kappa shape index (κ2) is 14.6. The number of anilines is 4. The molecular formula is C31H39F2N7O2. The molecule has 1 aromatic heterocycles. The van der Waals surface area contributed by atoms with Crippen molar-refractivity contribution in [2.24, 2.45) is 5.73 Å². The van der Waals surface area contributed by atoms with Crippen molar-refractivity contribution in [1.29, 1.82) is 0 Å². The molecule has 0 atom stereocenters. The van der Waals surface area contributed by atoms with Crippen molar-refractivity contribution in [3.63, 3.8) is 0 Å².